The topological polar surface area (TPSA) is 62.2 Å². The van der Waals surface area contributed by atoms with Crippen LogP contribution in [0.25, 0.3) is 0 Å². The Morgan fingerprint density at radius 1 is 1.21 bits per heavy atom. The third kappa shape index (κ3) is 3.69. The van der Waals surface area contributed by atoms with Gasteiger partial charge in [-0.1, -0.05) is 17.7 Å². The lowest BCUT2D eigenvalue weighted by Crippen LogP contribution is -2.66. The fraction of sp³-hybridized carbons (Fsp3) is 0.429. The van der Waals surface area contributed by atoms with E-state index in [4.69, 9.17) is 4.74 Å². The van der Waals surface area contributed by atoms with Gasteiger partial charge in [-0.05, 0) is 37.1 Å². The van der Waals surface area contributed by atoms with Crippen LogP contribution >= 0.6 is 0 Å². The Bertz CT molecular complexity index is 910. The van der Waals surface area contributed by atoms with Crippen molar-refractivity contribution in [2.75, 3.05) is 26.3 Å². The lowest BCUT2D eigenvalue weighted by Gasteiger charge is -2.46. The Morgan fingerprint density at radius 3 is 2.59 bits per heavy atom. The number of piperazine rings is 1. The van der Waals surface area contributed by atoms with Crippen LogP contribution in [0, 0.1) is 24.8 Å². The van der Waals surface area contributed by atoms with Crippen LogP contribution in [0.1, 0.15) is 18.1 Å². The van der Waals surface area contributed by atoms with Crippen LogP contribution in [-0.4, -0.2) is 59.8 Å². The molecule has 153 valence electrons. The predicted molar refractivity (Wildman–Crippen MR) is 102 cm³/mol. The van der Waals surface area contributed by atoms with E-state index < -0.39 is 12.2 Å². The Kier molecular flexibility index (Phi) is 5.21. The first-order valence-corrected chi connectivity index (χ1v) is 9.53. The number of aryl methyl sites for hydroxylation is 1. The molecule has 3 aliphatic rings. The Labute approximate surface area is 167 Å². The molecule has 8 heteroatoms. The van der Waals surface area contributed by atoms with Crippen LogP contribution in [0.2, 0.25) is 0 Å². The van der Waals surface area contributed by atoms with Gasteiger partial charge in [0, 0.05) is 12.5 Å². The first-order chi connectivity index (χ1) is 13.8. The highest BCUT2D eigenvalue weighted by atomic mass is 19.1. The number of carbonyl (C=O) groups excluding carboxylic acids is 2. The first kappa shape index (κ1) is 19.7. The van der Waals surface area contributed by atoms with E-state index >= 15 is 0 Å². The summed E-state index contributed by atoms with van der Waals surface area (Å²) in [4.78, 5) is 33.0. The van der Waals surface area contributed by atoms with Crippen molar-refractivity contribution in [1.29, 1.82) is 0 Å². The van der Waals surface area contributed by atoms with Crippen LogP contribution in [-0.2, 0) is 20.9 Å². The van der Waals surface area contributed by atoms with Gasteiger partial charge in [-0.25, -0.2) is 8.78 Å². The molecule has 0 aliphatic carbocycles. The molecule has 29 heavy (non-hydrogen) atoms. The van der Waals surface area contributed by atoms with E-state index in [0.717, 1.165) is 10.5 Å². The molecule has 0 saturated carbocycles. The van der Waals surface area contributed by atoms with Gasteiger partial charge in [0.2, 0.25) is 12.1 Å². The number of amides is 2. The molecular formula is C21H22F2N3O3. The maximum absolute atomic E-state index is 14.5. The second kappa shape index (κ2) is 7.67. The average Bonchev–Trinajstić information content (AvgIpc) is 2.62. The second-order valence-electron chi connectivity index (χ2n) is 7.75. The normalized spacial score (nSPS) is 23.8. The lowest BCUT2D eigenvalue weighted by molar-refractivity contribution is -0.164. The SMILES string of the molecule is CC1=C[C](F)C(N2CC(=O)N(Cc3ccc(C)c(F)c3)[C@@H](C3COC3)C2=O)=NC1. The summed E-state index contributed by atoms with van der Waals surface area (Å²) in [6.07, 6.45) is 0.718. The predicted octanol–water partition coefficient (Wildman–Crippen LogP) is 2.18. The smallest absolute Gasteiger partial charge is 0.251 e. The molecule has 1 radical (unpaired) electrons. The molecule has 1 aromatic rings. The molecule has 1 atom stereocenters. The minimum absolute atomic E-state index is 0.0970. The molecule has 0 unspecified atom stereocenters. The molecule has 2 amide bonds. The maximum Gasteiger partial charge on any atom is 0.251 e. The number of aliphatic imine (C=N–C) groups is 1. The van der Waals surface area contributed by atoms with Gasteiger partial charge < -0.3 is 9.64 Å². The Balaban J connectivity index is 1.61. The van der Waals surface area contributed by atoms with Crippen molar-refractivity contribution in [3.05, 3.63) is 53.0 Å². The van der Waals surface area contributed by atoms with Gasteiger partial charge in [-0.15, -0.1) is 0 Å². The van der Waals surface area contributed by atoms with Gasteiger partial charge in [0.25, 0.3) is 5.91 Å². The Morgan fingerprint density at radius 2 is 1.97 bits per heavy atom. The summed E-state index contributed by atoms with van der Waals surface area (Å²) in [5, 5.41) is 0. The Hall–Kier alpha value is -2.61. The van der Waals surface area contributed by atoms with E-state index in [1.165, 1.54) is 17.0 Å². The third-order valence-electron chi connectivity index (χ3n) is 5.49. The van der Waals surface area contributed by atoms with Crippen LogP contribution in [0.15, 0.2) is 34.8 Å². The van der Waals surface area contributed by atoms with Crippen molar-refractivity contribution in [3.8, 4) is 0 Å². The van der Waals surface area contributed by atoms with E-state index in [1.54, 1.807) is 26.0 Å². The fourth-order valence-corrected chi connectivity index (χ4v) is 3.76. The highest BCUT2D eigenvalue weighted by Gasteiger charge is 2.48. The molecule has 0 aromatic heterocycles. The molecule has 2 saturated heterocycles. The monoisotopic (exact) mass is 402 g/mol. The number of dihydropyridines is 1. The number of rotatable bonds is 3. The molecule has 4 rings (SSSR count). The number of hydrogen-bond acceptors (Lipinski definition) is 4. The summed E-state index contributed by atoms with van der Waals surface area (Å²) >= 11 is 0. The van der Waals surface area contributed by atoms with Gasteiger partial charge in [0.15, 0.2) is 5.84 Å². The molecule has 2 fully saturated rings. The van der Waals surface area contributed by atoms with Crippen molar-refractivity contribution in [2.45, 2.75) is 26.4 Å². The fourth-order valence-electron chi connectivity index (χ4n) is 3.76. The number of amidine groups is 1. The average molecular weight is 402 g/mol. The van der Waals surface area contributed by atoms with Crippen molar-refractivity contribution >= 4 is 17.6 Å². The summed E-state index contributed by atoms with van der Waals surface area (Å²) in [5.41, 5.74) is 1.85. The molecule has 3 heterocycles. The van der Waals surface area contributed by atoms with E-state index in [-0.39, 0.29) is 49.0 Å². The van der Waals surface area contributed by atoms with E-state index in [2.05, 4.69) is 4.99 Å². The largest absolute Gasteiger partial charge is 0.380 e. The molecule has 0 spiro atoms. The van der Waals surface area contributed by atoms with E-state index in [1.807, 2.05) is 0 Å². The van der Waals surface area contributed by atoms with E-state index in [9.17, 15) is 18.4 Å². The van der Waals surface area contributed by atoms with Crippen LogP contribution in [0.3, 0.4) is 0 Å². The molecule has 0 bridgehead atoms. The molecular weight excluding hydrogens is 380 g/mol. The molecule has 3 aliphatic heterocycles. The van der Waals surface area contributed by atoms with Crippen molar-refractivity contribution in [2.24, 2.45) is 10.9 Å². The van der Waals surface area contributed by atoms with Crippen LogP contribution in [0.5, 0.6) is 0 Å². The number of halogens is 2. The van der Waals surface area contributed by atoms with Gasteiger partial charge in [-0.2, -0.15) is 0 Å². The van der Waals surface area contributed by atoms with Gasteiger partial charge in [-0.3, -0.25) is 19.5 Å². The van der Waals surface area contributed by atoms with Crippen molar-refractivity contribution in [3.63, 3.8) is 0 Å². The lowest BCUT2D eigenvalue weighted by atomic mass is 9.92. The standard InChI is InChI=1S/C21H22F2N3O3/c1-12-5-17(23)20(24-7-12)26-9-18(27)25(19(21(26)28)15-10-29-11-15)8-14-4-3-13(2)16(22)6-14/h3-6,15,19H,7-11H2,1-2H3/t19-/m0/s1. The van der Waals surface area contributed by atoms with Gasteiger partial charge in [0.05, 0.1) is 19.8 Å². The minimum atomic E-state index is -0.795. The minimum Gasteiger partial charge on any atom is -0.380 e. The number of nitrogens with zero attached hydrogens (tertiary/aromatic N) is 3. The number of hydrogen-bond donors (Lipinski definition) is 0. The van der Waals surface area contributed by atoms with E-state index in [0.29, 0.717) is 24.3 Å². The maximum atomic E-state index is 14.5. The molecule has 0 N–H and O–H groups in total. The summed E-state index contributed by atoms with van der Waals surface area (Å²) in [7, 11) is 0. The second-order valence-corrected chi connectivity index (χ2v) is 7.75. The summed E-state index contributed by atoms with van der Waals surface area (Å²) < 4.78 is 33.6. The zero-order valence-electron chi connectivity index (χ0n) is 16.3. The van der Waals surface area contributed by atoms with Crippen molar-refractivity contribution in [1.82, 2.24) is 9.80 Å². The summed E-state index contributed by atoms with van der Waals surface area (Å²) in [6.45, 7) is 4.18. The van der Waals surface area contributed by atoms with Crippen LogP contribution in [0.4, 0.5) is 8.78 Å². The van der Waals surface area contributed by atoms with Gasteiger partial charge >= 0.3 is 0 Å². The summed E-state index contributed by atoms with van der Waals surface area (Å²) in [6, 6.07) is 3.96. The number of ether oxygens (including phenoxy) is 1. The number of carbonyl (C=O) groups is 2. The van der Waals surface area contributed by atoms with Crippen LogP contribution < -0.4 is 0 Å². The third-order valence-corrected chi connectivity index (χ3v) is 5.49. The highest BCUT2D eigenvalue weighted by molar-refractivity contribution is 6.12. The quantitative estimate of drug-likeness (QED) is 0.779. The first-order valence-electron chi connectivity index (χ1n) is 9.53. The number of benzene rings is 1. The summed E-state index contributed by atoms with van der Waals surface area (Å²) in [5.74, 6) is -1.36. The zero-order valence-corrected chi connectivity index (χ0v) is 16.3. The van der Waals surface area contributed by atoms with Gasteiger partial charge in [0.1, 0.15) is 18.4 Å². The molecule has 1 aromatic carbocycles. The zero-order chi connectivity index (χ0) is 20.7. The van der Waals surface area contributed by atoms with Crippen molar-refractivity contribution < 1.29 is 23.1 Å². The molecule has 6 nitrogen and oxygen atoms in total. The highest BCUT2D eigenvalue weighted by Crippen LogP contribution is 2.30.